The van der Waals surface area contributed by atoms with Gasteiger partial charge in [0.25, 0.3) is 0 Å². The summed E-state index contributed by atoms with van der Waals surface area (Å²) in [5, 5.41) is 8.08. The molecule has 1 aromatic carbocycles. The highest BCUT2D eigenvalue weighted by molar-refractivity contribution is 6.30. The first-order valence-electron chi connectivity index (χ1n) is 5.26. The van der Waals surface area contributed by atoms with E-state index in [1.807, 2.05) is 0 Å². The summed E-state index contributed by atoms with van der Waals surface area (Å²) >= 11 is 5.80. The molecule has 0 amide bonds. The van der Waals surface area contributed by atoms with Gasteiger partial charge in [-0.2, -0.15) is 0 Å². The summed E-state index contributed by atoms with van der Waals surface area (Å²) in [5.74, 6) is -0.517. The number of carbonyl (C=O) groups excluding carboxylic acids is 1. The number of ether oxygens (including phenoxy) is 1. The topological polar surface area (TPSA) is 83.0 Å². The van der Waals surface area contributed by atoms with Crippen LogP contribution in [0.15, 0.2) is 24.4 Å². The normalized spacial score (nSPS) is 10.3. The summed E-state index contributed by atoms with van der Waals surface area (Å²) < 4.78 is 6.22. The molecule has 0 aliphatic carbocycles. The van der Waals surface area contributed by atoms with Gasteiger partial charge in [-0.05, 0) is 25.1 Å². The van der Waals surface area contributed by atoms with Crippen molar-refractivity contribution in [2.75, 3.05) is 12.3 Å². The Balaban J connectivity index is 2.32. The SMILES string of the molecule is CCOC(=O)c1cn(-c2ccc(Cl)cc2N)nn1. The zero-order valence-electron chi connectivity index (χ0n) is 9.63. The molecule has 0 unspecified atom stereocenters. The van der Waals surface area contributed by atoms with Gasteiger partial charge in [-0.25, -0.2) is 9.48 Å². The van der Waals surface area contributed by atoms with E-state index in [0.717, 1.165) is 0 Å². The number of anilines is 1. The minimum atomic E-state index is -0.517. The van der Waals surface area contributed by atoms with Gasteiger partial charge in [0.05, 0.1) is 24.2 Å². The predicted octanol–water partition coefficient (Wildman–Crippen LogP) is 1.68. The number of hydrogen-bond donors (Lipinski definition) is 1. The van der Waals surface area contributed by atoms with E-state index in [1.165, 1.54) is 10.9 Å². The van der Waals surface area contributed by atoms with Crippen LogP contribution in [-0.4, -0.2) is 27.6 Å². The molecule has 18 heavy (non-hydrogen) atoms. The fraction of sp³-hybridized carbons (Fsp3) is 0.182. The number of nitrogen functional groups attached to an aromatic ring is 1. The van der Waals surface area contributed by atoms with E-state index in [2.05, 4.69) is 10.3 Å². The summed E-state index contributed by atoms with van der Waals surface area (Å²) in [6.45, 7) is 2.01. The Morgan fingerprint density at radius 1 is 1.56 bits per heavy atom. The summed E-state index contributed by atoms with van der Waals surface area (Å²) in [7, 11) is 0. The molecular weight excluding hydrogens is 256 g/mol. The van der Waals surface area contributed by atoms with Gasteiger partial charge in [-0.15, -0.1) is 5.10 Å². The minimum Gasteiger partial charge on any atom is -0.461 e. The fourth-order valence-electron chi connectivity index (χ4n) is 1.41. The number of halogens is 1. The average molecular weight is 267 g/mol. The highest BCUT2D eigenvalue weighted by atomic mass is 35.5. The van der Waals surface area contributed by atoms with E-state index in [-0.39, 0.29) is 12.3 Å². The molecule has 0 saturated carbocycles. The van der Waals surface area contributed by atoms with Gasteiger partial charge in [0.15, 0.2) is 5.69 Å². The van der Waals surface area contributed by atoms with Crippen molar-refractivity contribution in [2.45, 2.75) is 6.92 Å². The Morgan fingerprint density at radius 2 is 2.33 bits per heavy atom. The Bertz CT molecular complexity index is 582. The summed E-state index contributed by atoms with van der Waals surface area (Å²) in [5.41, 5.74) is 6.99. The van der Waals surface area contributed by atoms with Crippen LogP contribution < -0.4 is 5.73 Å². The summed E-state index contributed by atoms with van der Waals surface area (Å²) in [6, 6.07) is 4.98. The molecule has 1 aromatic heterocycles. The highest BCUT2D eigenvalue weighted by Crippen LogP contribution is 2.21. The van der Waals surface area contributed by atoms with Crippen molar-refractivity contribution in [3.05, 3.63) is 35.1 Å². The van der Waals surface area contributed by atoms with Crippen LogP contribution in [0.25, 0.3) is 5.69 Å². The number of nitrogens with two attached hydrogens (primary N) is 1. The molecule has 1 heterocycles. The third-order valence-corrected chi connectivity index (χ3v) is 2.45. The lowest BCUT2D eigenvalue weighted by Gasteiger charge is -2.04. The van der Waals surface area contributed by atoms with Gasteiger partial charge < -0.3 is 10.5 Å². The standard InChI is InChI=1S/C11H11ClN4O2/c1-2-18-11(17)9-6-16(15-14-9)10-4-3-7(12)5-8(10)13/h3-6H,2,13H2,1H3. The second-order valence-electron chi connectivity index (χ2n) is 3.47. The van der Waals surface area contributed by atoms with Gasteiger partial charge in [-0.1, -0.05) is 16.8 Å². The van der Waals surface area contributed by atoms with Crippen LogP contribution >= 0.6 is 11.6 Å². The van der Waals surface area contributed by atoms with E-state index in [9.17, 15) is 4.79 Å². The third kappa shape index (κ3) is 2.43. The van der Waals surface area contributed by atoms with E-state index in [4.69, 9.17) is 22.1 Å². The first kappa shape index (κ1) is 12.4. The molecule has 0 saturated heterocycles. The van der Waals surface area contributed by atoms with Gasteiger partial charge in [0.1, 0.15) is 0 Å². The predicted molar refractivity (Wildman–Crippen MR) is 66.7 cm³/mol. The lowest BCUT2D eigenvalue weighted by molar-refractivity contribution is 0.0519. The summed E-state index contributed by atoms with van der Waals surface area (Å²) in [6.07, 6.45) is 1.46. The monoisotopic (exact) mass is 266 g/mol. The number of nitrogens with zero attached hydrogens (tertiary/aromatic N) is 3. The number of carbonyl (C=O) groups is 1. The molecule has 2 rings (SSSR count). The van der Waals surface area contributed by atoms with Gasteiger partial charge >= 0.3 is 5.97 Å². The van der Waals surface area contributed by atoms with Crippen molar-refractivity contribution >= 4 is 23.3 Å². The number of esters is 1. The van der Waals surface area contributed by atoms with E-state index in [1.54, 1.807) is 25.1 Å². The zero-order chi connectivity index (χ0) is 13.1. The second-order valence-corrected chi connectivity index (χ2v) is 3.91. The Hall–Kier alpha value is -2.08. The molecule has 6 nitrogen and oxygen atoms in total. The van der Waals surface area contributed by atoms with Crippen LogP contribution in [0.5, 0.6) is 0 Å². The molecule has 2 aromatic rings. The van der Waals surface area contributed by atoms with Crippen LogP contribution in [-0.2, 0) is 4.74 Å². The molecule has 0 fully saturated rings. The molecular formula is C11H11ClN4O2. The number of hydrogen-bond acceptors (Lipinski definition) is 5. The average Bonchev–Trinajstić information content (AvgIpc) is 2.78. The van der Waals surface area contributed by atoms with Crippen LogP contribution in [0.1, 0.15) is 17.4 Å². The first-order valence-corrected chi connectivity index (χ1v) is 5.64. The molecule has 0 atom stereocenters. The number of rotatable bonds is 3. The zero-order valence-corrected chi connectivity index (χ0v) is 10.4. The minimum absolute atomic E-state index is 0.131. The molecule has 0 aliphatic heterocycles. The van der Waals surface area contributed by atoms with Crippen molar-refractivity contribution in [1.29, 1.82) is 0 Å². The van der Waals surface area contributed by atoms with Crippen LogP contribution in [0.2, 0.25) is 5.02 Å². The first-order chi connectivity index (χ1) is 8.61. The van der Waals surface area contributed by atoms with E-state index < -0.39 is 5.97 Å². The Morgan fingerprint density at radius 3 is 3.00 bits per heavy atom. The largest absolute Gasteiger partial charge is 0.461 e. The van der Waals surface area contributed by atoms with Gasteiger partial charge in [-0.3, -0.25) is 0 Å². The number of benzene rings is 1. The lowest BCUT2D eigenvalue weighted by atomic mass is 10.3. The van der Waals surface area contributed by atoms with E-state index >= 15 is 0 Å². The Kier molecular flexibility index (Phi) is 3.47. The fourth-order valence-corrected chi connectivity index (χ4v) is 1.59. The maximum absolute atomic E-state index is 11.4. The van der Waals surface area contributed by atoms with Crippen molar-refractivity contribution in [2.24, 2.45) is 0 Å². The lowest BCUT2D eigenvalue weighted by Crippen LogP contribution is -2.04. The molecule has 0 radical (unpaired) electrons. The number of aromatic nitrogens is 3. The quantitative estimate of drug-likeness (QED) is 0.675. The molecule has 0 aliphatic rings. The van der Waals surface area contributed by atoms with E-state index in [0.29, 0.717) is 16.4 Å². The maximum atomic E-state index is 11.4. The summed E-state index contributed by atoms with van der Waals surface area (Å²) in [4.78, 5) is 11.4. The molecule has 94 valence electrons. The highest BCUT2D eigenvalue weighted by Gasteiger charge is 2.13. The molecule has 0 spiro atoms. The van der Waals surface area contributed by atoms with Crippen molar-refractivity contribution in [1.82, 2.24) is 15.0 Å². The van der Waals surface area contributed by atoms with Gasteiger partial charge in [0.2, 0.25) is 0 Å². The van der Waals surface area contributed by atoms with Crippen molar-refractivity contribution < 1.29 is 9.53 Å². The van der Waals surface area contributed by atoms with Gasteiger partial charge in [0, 0.05) is 5.02 Å². The molecule has 7 heteroatoms. The van der Waals surface area contributed by atoms with Crippen LogP contribution in [0.3, 0.4) is 0 Å². The molecule has 2 N–H and O–H groups in total. The second kappa shape index (κ2) is 5.05. The third-order valence-electron chi connectivity index (χ3n) is 2.21. The van der Waals surface area contributed by atoms with Crippen LogP contribution in [0, 0.1) is 0 Å². The molecule has 0 bridgehead atoms. The van der Waals surface area contributed by atoms with Crippen LogP contribution in [0.4, 0.5) is 5.69 Å². The Labute approximate surface area is 108 Å². The van der Waals surface area contributed by atoms with Crippen molar-refractivity contribution in [3.63, 3.8) is 0 Å². The smallest absolute Gasteiger partial charge is 0.360 e. The van der Waals surface area contributed by atoms with Crippen molar-refractivity contribution in [3.8, 4) is 5.69 Å². The maximum Gasteiger partial charge on any atom is 0.360 e.